The van der Waals surface area contributed by atoms with E-state index in [0.29, 0.717) is 19.1 Å². The molecule has 3 nitrogen and oxygen atoms in total. The molecule has 0 saturated heterocycles. The predicted octanol–water partition coefficient (Wildman–Crippen LogP) is 1.60. The normalized spacial score (nSPS) is 10.8. The van der Waals surface area contributed by atoms with Gasteiger partial charge in [-0.2, -0.15) is 0 Å². The molecular formula is C13H21NO2. The molecule has 0 spiro atoms. The van der Waals surface area contributed by atoms with Gasteiger partial charge in [-0.1, -0.05) is 32.0 Å². The van der Waals surface area contributed by atoms with Crippen molar-refractivity contribution in [1.29, 1.82) is 0 Å². The summed E-state index contributed by atoms with van der Waals surface area (Å²) in [4.78, 5) is 0. The third kappa shape index (κ3) is 4.64. The van der Waals surface area contributed by atoms with E-state index < -0.39 is 0 Å². The SMILES string of the molecule is CC(C)NCCOc1ccccc1CCO. The van der Waals surface area contributed by atoms with Gasteiger partial charge in [0, 0.05) is 19.2 Å². The van der Waals surface area contributed by atoms with E-state index in [-0.39, 0.29) is 6.61 Å². The van der Waals surface area contributed by atoms with Gasteiger partial charge in [0.25, 0.3) is 0 Å². The van der Waals surface area contributed by atoms with Crippen LogP contribution in [0, 0.1) is 0 Å². The van der Waals surface area contributed by atoms with E-state index in [1.807, 2.05) is 24.3 Å². The lowest BCUT2D eigenvalue weighted by molar-refractivity contribution is 0.286. The Kier molecular flexibility index (Phi) is 5.90. The van der Waals surface area contributed by atoms with Gasteiger partial charge in [-0.15, -0.1) is 0 Å². The van der Waals surface area contributed by atoms with Crippen LogP contribution in [0.1, 0.15) is 19.4 Å². The van der Waals surface area contributed by atoms with E-state index in [1.165, 1.54) is 0 Å². The Bertz CT molecular complexity index is 300. The van der Waals surface area contributed by atoms with Gasteiger partial charge >= 0.3 is 0 Å². The summed E-state index contributed by atoms with van der Waals surface area (Å²) in [6.45, 7) is 5.87. The van der Waals surface area contributed by atoms with Crippen LogP contribution in [-0.2, 0) is 6.42 Å². The summed E-state index contributed by atoms with van der Waals surface area (Å²) in [6, 6.07) is 8.33. The minimum atomic E-state index is 0.157. The molecule has 2 N–H and O–H groups in total. The van der Waals surface area contributed by atoms with Gasteiger partial charge in [0.2, 0.25) is 0 Å². The standard InChI is InChI=1S/C13H21NO2/c1-11(2)14-8-10-16-13-6-4-3-5-12(13)7-9-15/h3-6,11,14-15H,7-10H2,1-2H3. The second-order valence-corrected chi connectivity index (χ2v) is 4.04. The second kappa shape index (κ2) is 7.25. The highest BCUT2D eigenvalue weighted by molar-refractivity contribution is 5.33. The van der Waals surface area contributed by atoms with Crippen molar-refractivity contribution in [2.75, 3.05) is 19.8 Å². The van der Waals surface area contributed by atoms with Crippen LogP contribution in [0.25, 0.3) is 0 Å². The number of aliphatic hydroxyl groups excluding tert-OH is 1. The van der Waals surface area contributed by atoms with Gasteiger partial charge < -0.3 is 15.2 Å². The van der Waals surface area contributed by atoms with Crippen molar-refractivity contribution in [3.8, 4) is 5.75 Å². The van der Waals surface area contributed by atoms with Gasteiger partial charge in [-0.3, -0.25) is 0 Å². The number of para-hydroxylation sites is 1. The number of ether oxygens (including phenoxy) is 1. The van der Waals surface area contributed by atoms with Crippen LogP contribution < -0.4 is 10.1 Å². The Morgan fingerprint density at radius 3 is 2.75 bits per heavy atom. The molecule has 0 heterocycles. The lowest BCUT2D eigenvalue weighted by Gasteiger charge is -2.12. The zero-order valence-corrected chi connectivity index (χ0v) is 10.1. The highest BCUT2D eigenvalue weighted by atomic mass is 16.5. The van der Waals surface area contributed by atoms with Crippen LogP contribution in [0.5, 0.6) is 5.75 Å². The second-order valence-electron chi connectivity index (χ2n) is 4.04. The van der Waals surface area contributed by atoms with Gasteiger partial charge in [-0.05, 0) is 18.1 Å². The van der Waals surface area contributed by atoms with Gasteiger partial charge in [0.05, 0.1) is 0 Å². The molecule has 0 unspecified atom stereocenters. The first-order chi connectivity index (χ1) is 7.74. The fourth-order valence-corrected chi connectivity index (χ4v) is 1.48. The number of nitrogens with one attached hydrogen (secondary N) is 1. The molecule has 16 heavy (non-hydrogen) atoms. The summed E-state index contributed by atoms with van der Waals surface area (Å²) in [5.41, 5.74) is 1.06. The third-order valence-corrected chi connectivity index (χ3v) is 2.27. The molecule has 0 aliphatic heterocycles. The molecule has 0 atom stereocenters. The quantitative estimate of drug-likeness (QED) is 0.690. The predicted molar refractivity (Wildman–Crippen MR) is 65.9 cm³/mol. The third-order valence-electron chi connectivity index (χ3n) is 2.27. The van der Waals surface area contributed by atoms with Crippen molar-refractivity contribution in [3.63, 3.8) is 0 Å². The van der Waals surface area contributed by atoms with E-state index >= 15 is 0 Å². The van der Waals surface area contributed by atoms with Crippen LogP contribution in [-0.4, -0.2) is 30.9 Å². The van der Waals surface area contributed by atoms with Gasteiger partial charge in [-0.25, -0.2) is 0 Å². The lowest BCUT2D eigenvalue weighted by Crippen LogP contribution is -2.27. The Hall–Kier alpha value is -1.06. The first-order valence-electron chi connectivity index (χ1n) is 5.79. The molecule has 0 saturated carbocycles. The van der Waals surface area contributed by atoms with Crippen LogP contribution in [0.15, 0.2) is 24.3 Å². The number of hydrogen-bond donors (Lipinski definition) is 2. The first kappa shape index (κ1) is 13.0. The van der Waals surface area contributed by atoms with Crippen molar-refractivity contribution in [2.24, 2.45) is 0 Å². The van der Waals surface area contributed by atoms with E-state index in [9.17, 15) is 0 Å². The van der Waals surface area contributed by atoms with Gasteiger partial charge in [0.1, 0.15) is 12.4 Å². The highest BCUT2D eigenvalue weighted by Crippen LogP contribution is 2.17. The van der Waals surface area contributed by atoms with E-state index in [2.05, 4.69) is 19.2 Å². The topological polar surface area (TPSA) is 41.5 Å². The molecule has 0 aliphatic rings. The maximum Gasteiger partial charge on any atom is 0.122 e. The molecule has 0 bridgehead atoms. The molecule has 0 aromatic heterocycles. The summed E-state index contributed by atoms with van der Waals surface area (Å²) in [6.07, 6.45) is 0.647. The molecule has 0 fully saturated rings. The van der Waals surface area contributed by atoms with Crippen molar-refractivity contribution < 1.29 is 9.84 Å². The summed E-state index contributed by atoms with van der Waals surface area (Å²) < 4.78 is 5.67. The molecule has 1 aromatic carbocycles. The van der Waals surface area contributed by atoms with E-state index in [4.69, 9.17) is 9.84 Å². The zero-order valence-electron chi connectivity index (χ0n) is 10.1. The van der Waals surface area contributed by atoms with Crippen molar-refractivity contribution >= 4 is 0 Å². The number of benzene rings is 1. The monoisotopic (exact) mass is 223 g/mol. The highest BCUT2D eigenvalue weighted by Gasteiger charge is 2.01. The van der Waals surface area contributed by atoms with Crippen LogP contribution >= 0.6 is 0 Å². The Morgan fingerprint density at radius 2 is 2.06 bits per heavy atom. The molecule has 0 amide bonds. The summed E-state index contributed by atoms with van der Waals surface area (Å²) >= 11 is 0. The first-order valence-corrected chi connectivity index (χ1v) is 5.79. The minimum Gasteiger partial charge on any atom is -0.492 e. The van der Waals surface area contributed by atoms with Gasteiger partial charge in [0.15, 0.2) is 0 Å². The maximum atomic E-state index is 8.92. The number of rotatable bonds is 7. The molecule has 0 radical (unpaired) electrons. The summed E-state index contributed by atoms with van der Waals surface area (Å²) in [5, 5.41) is 12.2. The average Bonchev–Trinajstić information content (AvgIpc) is 2.26. The smallest absolute Gasteiger partial charge is 0.122 e. The Labute approximate surface area is 97.4 Å². The zero-order chi connectivity index (χ0) is 11.8. The molecule has 0 aliphatic carbocycles. The average molecular weight is 223 g/mol. The van der Waals surface area contributed by atoms with Crippen LogP contribution in [0.3, 0.4) is 0 Å². The Morgan fingerprint density at radius 1 is 1.31 bits per heavy atom. The maximum absolute atomic E-state index is 8.92. The lowest BCUT2D eigenvalue weighted by atomic mass is 10.1. The molecule has 3 heteroatoms. The van der Waals surface area contributed by atoms with E-state index in [0.717, 1.165) is 17.9 Å². The minimum absolute atomic E-state index is 0.157. The van der Waals surface area contributed by atoms with E-state index in [1.54, 1.807) is 0 Å². The Balaban J connectivity index is 2.40. The molecule has 90 valence electrons. The largest absolute Gasteiger partial charge is 0.492 e. The van der Waals surface area contributed by atoms with Crippen LogP contribution in [0.2, 0.25) is 0 Å². The van der Waals surface area contributed by atoms with Crippen molar-refractivity contribution in [2.45, 2.75) is 26.3 Å². The van der Waals surface area contributed by atoms with Crippen LogP contribution in [0.4, 0.5) is 0 Å². The summed E-state index contributed by atoms with van der Waals surface area (Å²) in [5.74, 6) is 0.877. The fourth-order valence-electron chi connectivity index (χ4n) is 1.48. The fraction of sp³-hybridized carbons (Fsp3) is 0.538. The summed E-state index contributed by atoms with van der Waals surface area (Å²) in [7, 11) is 0. The van der Waals surface area contributed by atoms with Crippen molar-refractivity contribution in [3.05, 3.63) is 29.8 Å². The molecule has 1 rings (SSSR count). The molecular weight excluding hydrogens is 202 g/mol. The number of aliphatic hydroxyl groups is 1. The van der Waals surface area contributed by atoms with Crippen molar-refractivity contribution in [1.82, 2.24) is 5.32 Å². The number of hydrogen-bond acceptors (Lipinski definition) is 3. The molecule has 1 aromatic rings.